The lowest BCUT2D eigenvalue weighted by Gasteiger charge is -2.40. The Bertz CT molecular complexity index is 1370. The standard InChI is InChI=1S/C31H28BrClN2O4/c1-38-29(36)31(20-22-8-4-2-5-9-22,35-30(37)39-21-23-10-6-3-7-11-23)28(24-12-14-25(32)15-13-24)34-27-18-16-26(33)17-19-27/h2-19,28,34H,20-21H2,1H3,(H,35,37)/t28-,31+/m1/s1. The number of alkyl carbamates (subject to hydrolysis) is 1. The lowest BCUT2D eigenvalue weighted by Crippen LogP contribution is -2.62. The van der Waals surface area contributed by atoms with E-state index >= 15 is 0 Å². The monoisotopic (exact) mass is 606 g/mol. The molecule has 39 heavy (non-hydrogen) atoms. The first-order valence-electron chi connectivity index (χ1n) is 12.3. The molecule has 4 aromatic rings. The number of methoxy groups -OCH3 is 1. The van der Waals surface area contributed by atoms with Crippen LogP contribution in [0.5, 0.6) is 0 Å². The molecule has 0 saturated heterocycles. The highest BCUT2D eigenvalue weighted by Gasteiger charge is 2.50. The Balaban J connectivity index is 1.79. The van der Waals surface area contributed by atoms with E-state index in [0.29, 0.717) is 10.7 Å². The fourth-order valence-corrected chi connectivity index (χ4v) is 4.75. The molecular formula is C31H28BrClN2O4. The second-order valence-electron chi connectivity index (χ2n) is 8.95. The number of ether oxygens (including phenoxy) is 2. The number of nitrogens with one attached hydrogen (secondary N) is 2. The highest BCUT2D eigenvalue weighted by atomic mass is 79.9. The molecule has 0 unspecified atom stereocenters. The molecule has 0 aliphatic carbocycles. The SMILES string of the molecule is COC(=O)[C@@](Cc1ccccc1)(NC(=O)OCc1ccccc1)[C@H](Nc1ccc(Cl)cc1)c1ccc(Br)cc1. The number of halogens is 2. The Kier molecular flexibility index (Phi) is 9.63. The van der Waals surface area contributed by atoms with Gasteiger partial charge < -0.3 is 20.1 Å². The summed E-state index contributed by atoms with van der Waals surface area (Å²) < 4.78 is 11.8. The Hall–Kier alpha value is -3.81. The lowest BCUT2D eigenvalue weighted by molar-refractivity contribution is -0.149. The van der Waals surface area contributed by atoms with Gasteiger partial charge in [-0.2, -0.15) is 0 Å². The van der Waals surface area contributed by atoms with E-state index in [1.165, 1.54) is 7.11 Å². The average molecular weight is 608 g/mol. The number of carbonyl (C=O) groups is 2. The molecule has 0 saturated carbocycles. The quantitative estimate of drug-likeness (QED) is 0.185. The van der Waals surface area contributed by atoms with Gasteiger partial charge in [-0.15, -0.1) is 0 Å². The van der Waals surface area contributed by atoms with Gasteiger partial charge in [0, 0.05) is 21.6 Å². The average Bonchev–Trinajstić information content (AvgIpc) is 2.96. The van der Waals surface area contributed by atoms with Gasteiger partial charge in [-0.25, -0.2) is 9.59 Å². The van der Waals surface area contributed by atoms with Crippen LogP contribution < -0.4 is 10.6 Å². The second-order valence-corrected chi connectivity index (χ2v) is 10.3. The van der Waals surface area contributed by atoms with Crippen LogP contribution in [0, 0.1) is 0 Å². The third-order valence-corrected chi connectivity index (χ3v) is 7.05. The van der Waals surface area contributed by atoms with Gasteiger partial charge in [-0.1, -0.05) is 100 Å². The second kappa shape index (κ2) is 13.3. The Morgan fingerprint density at radius 1 is 0.846 bits per heavy atom. The summed E-state index contributed by atoms with van der Waals surface area (Å²) in [5.41, 5.74) is 1.50. The molecule has 1 amide bonds. The number of rotatable bonds is 10. The Morgan fingerprint density at radius 2 is 1.44 bits per heavy atom. The van der Waals surface area contributed by atoms with Gasteiger partial charge >= 0.3 is 12.1 Å². The largest absolute Gasteiger partial charge is 0.467 e. The number of esters is 1. The molecule has 0 fully saturated rings. The molecule has 0 bridgehead atoms. The molecule has 200 valence electrons. The van der Waals surface area contributed by atoms with Gasteiger partial charge in [0.25, 0.3) is 0 Å². The minimum atomic E-state index is -1.60. The summed E-state index contributed by atoms with van der Waals surface area (Å²) in [6, 6.07) is 32.7. The van der Waals surface area contributed by atoms with E-state index in [2.05, 4.69) is 26.6 Å². The first-order chi connectivity index (χ1) is 18.9. The number of anilines is 1. The van der Waals surface area contributed by atoms with Crippen LogP contribution in [0.15, 0.2) is 114 Å². The van der Waals surface area contributed by atoms with Crippen molar-refractivity contribution < 1.29 is 19.1 Å². The van der Waals surface area contributed by atoms with Crippen LogP contribution in [0.2, 0.25) is 5.02 Å². The first kappa shape index (κ1) is 28.2. The molecule has 0 radical (unpaired) electrons. The summed E-state index contributed by atoms with van der Waals surface area (Å²) in [5, 5.41) is 6.94. The molecule has 0 aliphatic rings. The van der Waals surface area contributed by atoms with Crippen LogP contribution in [0.1, 0.15) is 22.7 Å². The maximum atomic E-state index is 13.8. The number of benzene rings is 4. The predicted octanol–water partition coefficient (Wildman–Crippen LogP) is 7.34. The summed E-state index contributed by atoms with van der Waals surface area (Å²) in [4.78, 5) is 27.1. The molecule has 0 aliphatic heterocycles. The number of hydrogen-bond donors (Lipinski definition) is 2. The molecule has 4 rings (SSSR count). The van der Waals surface area contributed by atoms with Gasteiger partial charge in [0.2, 0.25) is 0 Å². The normalized spacial score (nSPS) is 13.0. The fourth-order valence-electron chi connectivity index (χ4n) is 4.36. The highest BCUT2D eigenvalue weighted by molar-refractivity contribution is 9.10. The first-order valence-corrected chi connectivity index (χ1v) is 13.5. The third-order valence-electron chi connectivity index (χ3n) is 6.26. The van der Waals surface area contributed by atoms with Gasteiger partial charge in [-0.05, 0) is 53.1 Å². The van der Waals surface area contributed by atoms with E-state index in [1.807, 2.05) is 97.1 Å². The van der Waals surface area contributed by atoms with Crippen molar-refractivity contribution in [2.75, 3.05) is 12.4 Å². The van der Waals surface area contributed by atoms with E-state index in [0.717, 1.165) is 21.2 Å². The number of amides is 1. The maximum Gasteiger partial charge on any atom is 0.408 e. The topological polar surface area (TPSA) is 76.7 Å². The summed E-state index contributed by atoms with van der Waals surface area (Å²) in [6.07, 6.45) is -0.623. The van der Waals surface area contributed by atoms with Crippen molar-refractivity contribution in [1.82, 2.24) is 5.32 Å². The smallest absolute Gasteiger partial charge is 0.408 e. The van der Waals surface area contributed by atoms with Crippen molar-refractivity contribution in [3.05, 3.63) is 135 Å². The van der Waals surface area contributed by atoms with Crippen molar-refractivity contribution in [1.29, 1.82) is 0 Å². The van der Waals surface area contributed by atoms with Crippen LogP contribution in [-0.4, -0.2) is 24.7 Å². The summed E-state index contributed by atoms with van der Waals surface area (Å²) in [5.74, 6) is -0.627. The zero-order valence-electron chi connectivity index (χ0n) is 21.3. The minimum Gasteiger partial charge on any atom is -0.467 e. The van der Waals surface area contributed by atoms with Crippen molar-refractivity contribution in [3.63, 3.8) is 0 Å². The molecule has 0 aromatic heterocycles. The third kappa shape index (κ3) is 7.40. The maximum absolute atomic E-state index is 13.8. The molecule has 8 heteroatoms. The molecule has 0 spiro atoms. The lowest BCUT2D eigenvalue weighted by atomic mass is 9.79. The van der Waals surface area contributed by atoms with Gasteiger partial charge in [-0.3, -0.25) is 0 Å². The van der Waals surface area contributed by atoms with E-state index < -0.39 is 23.6 Å². The van der Waals surface area contributed by atoms with Crippen LogP contribution in [0.25, 0.3) is 0 Å². The summed E-state index contributed by atoms with van der Waals surface area (Å²) in [6.45, 7) is 0.0445. The minimum absolute atomic E-state index is 0.0445. The molecule has 0 heterocycles. The van der Waals surface area contributed by atoms with Gasteiger partial charge in [0.05, 0.1) is 13.2 Å². The van der Waals surface area contributed by atoms with Gasteiger partial charge in [0.1, 0.15) is 6.61 Å². The number of carbonyl (C=O) groups excluding carboxylic acids is 2. The van der Waals surface area contributed by atoms with Crippen LogP contribution in [-0.2, 0) is 27.3 Å². The van der Waals surface area contributed by atoms with E-state index in [1.54, 1.807) is 12.1 Å². The molecule has 6 nitrogen and oxygen atoms in total. The fraction of sp³-hybridized carbons (Fsp3) is 0.161. The molecule has 4 aromatic carbocycles. The predicted molar refractivity (Wildman–Crippen MR) is 157 cm³/mol. The van der Waals surface area contributed by atoms with E-state index in [-0.39, 0.29) is 13.0 Å². The zero-order chi connectivity index (χ0) is 27.7. The van der Waals surface area contributed by atoms with Crippen molar-refractivity contribution >= 4 is 45.3 Å². The van der Waals surface area contributed by atoms with Crippen molar-refractivity contribution in [2.24, 2.45) is 0 Å². The highest BCUT2D eigenvalue weighted by Crippen LogP contribution is 2.35. The zero-order valence-corrected chi connectivity index (χ0v) is 23.6. The van der Waals surface area contributed by atoms with E-state index in [9.17, 15) is 9.59 Å². The summed E-state index contributed by atoms with van der Waals surface area (Å²) >= 11 is 9.61. The van der Waals surface area contributed by atoms with Gasteiger partial charge in [0.15, 0.2) is 5.54 Å². The molecular weight excluding hydrogens is 580 g/mol. The Morgan fingerprint density at radius 3 is 2.03 bits per heavy atom. The van der Waals surface area contributed by atoms with Crippen molar-refractivity contribution in [3.8, 4) is 0 Å². The molecule has 2 N–H and O–H groups in total. The van der Waals surface area contributed by atoms with Crippen LogP contribution >= 0.6 is 27.5 Å². The van der Waals surface area contributed by atoms with Crippen LogP contribution in [0.3, 0.4) is 0 Å². The Labute approximate surface area is 241 Å². The summed E-state index contributed by atoms with van der Waals surface area (Å²) in [7, 11) is 1.31. The number of hydrogen-bond acceptors (Lipinski definition) is 5. The van der Waals surface area contributed by atoms with E-state index in [4.69, 9.17) is 21.1 Å². The molecule has 2 atom stereocenters. The van der Waals surface area contributed by atoms with Crippen molar-refractivity contribution in [2.45, 2.75) is 24.6 Å². The van der Waals surface area contributed by atoms with Crippen LogP contribution in [0.4, 0.5) is 10.5 Å².